The van der Waals surface area contributed by atoms with Crippen molar-refractivity contribution in [3.63, 3.8) is 0 Å². The number of aliphatic carboxylic acids is 1. The van der Waals surface area contributed by atoms with E-state index < -0.39 is 5.97 Å². The lowest BCUT2D eigenvalue weighted by atomic mass is 9.69. The molecule has 0 radical (unpaired) electrons. The molecule has 0 heterocycles. The summed E-state index contributed by atoms with van der Waals surface area (Å²) in [6, 6.07) is 0. The van der Waals surface area contributed by atoms with E-state index in [4.69, 9.17) is 5.11 Å². The fraction of sp³-hybridized carbons (Fsp3) is 0.692. The summed E-state index contributed by atoms with van der Waals surface area (Å²) in [7, 11) is 0. The molecule has 2 N–H and O–H groups in total. The van der Waals surface area contributed by atoms with Gasteiger partial charge in [-0.1, -0.05) is 25.3 Å². The van der Waals surface area contributed by atoms with Crippen molar-refractivity contribution in [2.45, 2.75) is 44.9 Å². The number of nitrogens with one attached hydrogen (secondary N) is 1. The van der Waals surface area contributed by atoms with E-state index in [1.807, 2.05) is 0 Å². The van der Waals surface area contributed by atoms with Crippen LogP contribution in [0, 0.1) is 5.41 Å². The van der Waals surface area contributed by atoms with E-state index in [1.54, 1.807) is 6.08 Å². The van der Waals surface area contributed by atoms with Gasteiger partial charge >= 0.3 is 5.97 Å². The summed E-state index contributed by atoms with van der Waals surface area (Å²) in [4.78, 5) is 22.6. The molecule has 0 saturated heterocycles. The minimum Gasteiger partial charge on any atom is -0.481 e. The first kappa shape index (κ1) is 13.7. The minimum atomic E-state index is -0.802. The number of hydrogen-bond acceptors (Lipinski definition) is 2. The second kappa shape index (κ2) is 6.42. The van der Waals surface area contributed by atoms with Gasteiger partial charge in [-0.05, 0) is 18.3 Å². The summed E-state index contributed by atoms with van der Waals surface area (Å²) in [5.41, 5.74) is -0.324. The van der Waals surface area contributed by atoms with Crippen LogP contribution in [0.15, 0.2) is 12.7 Å². The van der Waals surface area contributed by atoms with Crippen molar-refractivity contribution in [2.75, 3.05) is 6.54 Å². The molecule has 0 spiro atoms. The van der Waals surface area contributed by atoms with E-state index in [1.165, 1.54) is 0 Å². The molecule has 1 saturated carbocycles. The van der Waals surface area contributed by atoms with Crippen LogP contribution in [-0.4, -0.2) is 23.5 Å². The molecule has 4 heteroatoms. The molecule has 0 bridgehead atoms. The summed E-state index contributed by atoms with van der Waals surface area (Å²) in [6.45, 7) is 3.98. The zero-order valence-corrected chi connectivity index (χ0v) is 10.2. The molecule has 96 valence electrons. The third kappa shape index (κ3) is 4.59. The van der Waals surface area contributed by atoms with E-state index >= 15 is 0 Å². The second-order valence-electron chi connectivity index (χ2n) is 4.90. The average molecular weight is 239 g/mol. The van der Waals surface area contributed by atoms with E-state index in [-0.39, 0.29) is 17.7 Å². The molecule has 1 aliphatic carbocycles. The highest BCUT2D eigenvalue weighted by molar-refractivity contribution is 5.78. The van der Waals surface area contributed by atoms with Gasteiger partial charge < -0.3 is 10.4 Å². The lowest BCUT2D eigenvalue weighted by Gasteiger charge is -2.35. The maximum atomic E-state index is 11.7. The summed E-state index contributed by atoms with van der Waals surface area (Å²) >= 11 is 0. The highest BCUT2D eigenvalue weighted by Gasteiger charge is 2.36. The van der Waals surface area contributed by atoms with Gasteiger partial charge in [0, 0.05) is 13.0 Å². The first-order valence-electron chi connectivity index (χ1n) is 6.17. The van der Waals surface area contributed by atoms with E-state index in [2.05, 4.69) is 11.9 Å². The first-order valence-corrected chi connectivity index (χ1v) is 6.17. The SMILES string of the molecule is C=CCNC(=O)CC1(CC(=O)O)CCCCC1. The Balaban J connectivity index is 2.59. The molecule has 1 fully saturated rings. The van der Waals surface area contributed by atoms with Crippen LogP contribution in [0.2, 0.25) is 0 Å². The van der Waals surface area contributed by atoms with Crippen molar-refractivity contribution in [1.29, 1.82) is 0 Å². The number of hydrogen-bond donors (Lipinski definition) is 2. The molecule has 1 rings (SSSR count). The Bertz CT molecular complexity index is 293. The third-order valence-corrected chi connectivity index (χ3v) is 3.42. The van der Waals surface area contributed by atoms with Crippen LogP contribution < -0.4 is 5.32 Å². The fourth-order valence-corrected chi connectivity index (χ4v) is 2.63. The number of carbonyl (C=O) groups excluding carboxylic acids is 1. The molecule has 17 heavy (non-hydrogen) atoms. The maximum absolute atomic E-state index is 11.7. The zero-order chi connectivity index (χ0) is 12.7. The Kier molecular flexibility index (Phi) is 5.19. The summed E-state index contributed by atoms with van der Waals surface area (Å²) < 4.78 is 0. The molecule has 0 aliphatic heterocycles. The van der Waals surface area contributed by atoms with Gasteiger partial charge in [0.05, 0.1) is 6.42 Å². The first-order chi connectivity index (χ1) is 8.08. The van der Waals surface area contributed by atoms with E-state index in [9.17, 15) is 9.59 Å². The van der Waals surface area contributed by atoms with Crippen LogP contribution in [-0.2, 0) is 9.59 Å². The molecular formula is C13H21NO3. The lowest BCUT2D eigenvalue weighted by Crippen LogP contribution is -2.35. The van der Waals surface area contributed by atoms with Crippen LogP contribution in [0.1, 0.15) is 44.9 Å². The second-order valence-corrected chi connectivity index (χ2v) is 4.90. The smallest absolute Gasteiger partial charge is 0.303 e. The number of carbonyl (C=O) groups is 2. The van der Waals surface area contributed by atoms with Gasteiger partial charge in [-0.2, -0.15) is 0 Å². The lowest BCUT2D eigenvalue weighted by molar-refractivity contribution is -0.141. The highest BCUT2D eigenvalue weighted by atomic mass is 16.4. The molecule has 0 aromatic heterocycles. The largest absolute Gasteiger partial charge is 0.481 e. The monoisotopic (exact) mass is 239 g/mol. The van der Waals surface area contributed by atoms with Crippen LogP contribution in [0.3, 0.4) is 0 Å². The van der Waals surface area contributed by atoms with Gasteiger partial charge in [-0.3, -0.25) is 9.59 Å². The van der Waals surface area contributed by atoms with Gasteiger partial charge in [0.2, 0.25) is 5.91 Å². The van der Waals surface area contributed by atoms with Gasteiger partial charge in [0.15, 0.2) is 0 Å². The quantitative estimate of drug-likeness (QED) is 0.697. The number of carboxylic acids is 1. The third-order valence-electron chi connectivity index (χ3n) is 3.42. The number of amides is 1. The molecule has 0 unspecified atom stereocenters. The Hall–Kier alpha value is -1.32. The maximum Gasteiger partial charge on any atom is 0.303 e. The standard InChI is InChI=1S/C13H21NO3/c1-2-8-14-11(15)9-13(10-12(16)17)6-4-3-5-7-13/h2H,1,3-10H2,(H,14,15)(H,16,17). The number of carboxylic acid groups (broad SMARTS) is 1. The predicted molar refractivity (Wildman–Crippen MR) is 65.6 cm³/mol. The van der Waals surface area contributed by atoms with Crippen molar-refractivity contribution in [1.82, 2.24) is 5.32 Å². The molecule has 0 aromatic rings. The van der Waals surface area contributed by atoms with Crippen LogP contribution in [0.4, 0.5) is 0 Å². The Morgan fingerprint density at radius 2 is 1.88 bits per heavy atom. The van der Waals surface area contributed by atoms with Gasteiger partial charge in [-0.15, -0.1) is 6.58 Å². The Morgan fingerprint density at radius 3 is 2.41 bits per heavy atom. The Morgan fingerprint density at radius 1 is 1.24 bits per heavy atom. The molecule has 1 amide bonds. The molecule has 1 aliphatic rings. The predicted octanol–water partition coefficient (Wildman–Crippen LogP) is 2.10. The van der Waals surface area contributed by atoms with Crippen molar-refractivity contribution in [2.24, 2.45) is 5.41 Å². The Labute approximate surface area is 102 Å². The topological polar surface area (TPSA) is 66.4 Å². The average Bonchev–Trinajstić information content (AvgIpc) is 2.26. The zero-order valence-electron chi connectivity index (χ0n) is 10.2. The highest BCUT2D eigenvalue weighted by Crippen LogP contribution is 2.42. The summed E-state index contributed by atoms with van der Waals surface area (Å²) in [6.07, 6.45) is 6.96. The number of rotatable bonds is 6. The van der Waals surface area contributed by atoms with Crippen molar-refractivity contribution in [3.05, 3.63) is 12.7 Å². The van der Waals surface area contributed by atoms with Crippen LogP contribution in [0.5, 0.6) is 0 Å². The molecule has 0 atom stereocenters. The fourth-order valence-electron chi connectivity index (χ4n) is 2.63. The van der Waals surface area contributed by atoms with Crippen molar-refractivity contribution in [3.8, 4) is 0 Å². The summed E-state index contributed by atoms with van der Waals surface area (Å²) in [5.74, 6) is -0.864. The van der Waals surface area contributed by atoms with Crippen molar-refractivity contribution >= 4 is 11.9 Å². The van der Waals surface area contributed by atoms with E-state index in [0.717, 1.165) is 32.1 Å². The molecule has 0 aromatic carbocycles. The van der Waals surface area contributed by atoms with Gasteiger partial charge in [0.1, 0.15) is 0 Å². The minimum absolute atomic E-state index is 0.0620. The molecule has 4 nitrogen and oxygen atoms in total. The van der Waals surface area contributed by atoms with Gasteiger partial charge in [0.25, 0.3) is 0 Å². The molecular weight excluding hydrogens is 218 g/mol. The van der Waals surface area contributed by atoms with Crippen molar-refractivity contribution < 1.29 is 14.7 Å². The normalized spacial score (nSPS) is 18.4. The van der Waals surface area contributed by atoms with Crippen LogP contribution in [0.25, 0.3) is 0 Å². The van der Waals surface area contributed by atoms with Gasteiger partial charge in [-0.25, -0.2) is 0 Å². The van der Waals surface area contributed by atoms with E-state index in [0.29, 0.717) is 13.0 Å². The summed E-state index contributed by atoms with van der Waals surface area (Å²) in [5, 5.41) is 11.7. The van der Waals surface area contributed by atoms with Crippen LogP contribution >= 0.6 is 0 Å².